The fourth-order valence-corrected chi connectivity index (χ4v) is 1.53. The zero-order valence-corrected chi connectivity index (χ0v) is 10.4. The standard InChI is InChI=1S/C12H11N3O4/c1-18-11(16)7-10(12(17)19-2)15-9-6-4-3-5-8(9)13-14-15/h3-7H,1-2H3/b10-7+. The molecule has 98 valence electrons. The monoisotopic (exact) mass is 261 g/mol. The van der Waals surface area contributed by atoms with Crippen LogP contribution in [0, 0.1) is 0 Å². The highest BCUT2D eigenvalue weighted by Gasteiger charge is 2.18. The molecule has 19 heavy (non-hydrogen) atoms. The second-order valence-electron chi connectivity index (χ2n) is 3.53. The molecule has 0 saturated heterocycles. The number of fused-ring (bicyclic) bond motifs is 1. The number of ether oxygens (including phenoxy) is 2. The number of nitrogens with zero attached hydrogens (tertiary/aromatic N) is 3. The number of aromatic nitrogens is 3. The van der Waals surface area contributed by atoms with E-state index in [1.54, 1.807) is 24.3 Å². The van der Waals surface area contributed by atoms with E-state index >= 15 is 0 Å². The molecule has 2 rings (SSSR count). The number of carbonyl (C=O) groups excluding carboxylic acids is 2. The van der Waals surface area contributed by atoms with Gasteiger partial charge in [-0.1, -0.05) is 17.3 Å². The molecule has 0 aliphatic rings. The molecule has 1 heterocycles. The minimum absolute atomic E-state index is 0.0666. The lowest BCUT2D eigenvalue weighted by Crippen LogP contribution is -2.14. The second kappa shape index (κ2) is 5.30. The summed E-state index contributed by atoms with van der Waals surface area (Å²) in [7, 11) is 2.43. The van der Waals surface area contributed by atoms with Crippen LogP contribution < -0.4 is 0 Å². The summed E-state index contributed by atoms with van der Waals surface area (Å²) >= 11 is 0. The third-order valence-electron chi connectivity index (χ3n) is 2.43. The van der Waals surface area contributed by atoms with Gasteiger partial charge in [-0.15, -0.1) is 5.10 Å². The van der Waals surface area contributed by atoms with Gasteiger partial charge in [0.1, 0.15) is 5.52 Å². The lowest BCUT2D eigenvalue weighted by Gasteiger charge is -2.05. The van der Waals surface area contributed by atoms with Crippen LogP contribution in [0.5, 0.6) is 0 Å². The van der Waals surface area contributed by atoms with Gasteiger partial charge in [0.15, 0.2) is 5.70 Å². The SMILES string of the molecule is COC(=O)/C=C(\C(=O)OC)n1nnc2ccccc21. The number of carbonyl (C=O) groups is 2. The Balaban J connectivity index is 2.58. The van der Waals surface area contributed by atoms with Crippen molar-refractivity contribution in [2.75, 3.05) is 14.2 Å². The van der Waals surface area contributed by atoms with Crippen molar-refractivity contribution in [1.29, 1.82) is 0 Å². The van der Waals surface area contributed by atoms with Crippen molar-refractivity contribution in [2.24, 2.45) is 0 Å². The van der Waals surface area contributed by atoms with Crippen molar-refractivity contribution in [3.8, 4) is 0 Å². The molecule has 0 aliphatic heterocycles. The first-order valence-corrected chi connectivity index (χ1v) is 5.36. The highest BCUT2D eigenvalue weighted by atomic mass is 16.5. The van der Waals surface area contributed by atoms with Gasteiger partial charge in [-0.3, -0.25) is 0 Å². The molecule has 0 bridgehead atoms. The molecule has 0 fully saturated rings. The number of methoxy groups -OCH3 is 2. The molecule has 1 aromatic carbocycles. The number of esters is 2. The Hall–Kier alpha value is -2.70. The van der Waals surface area contributed by atoms with E-state index < -0.39 is 11.9 Å². The summed E-state index contributed by atoms with van der Waals surface area (Å²) in [5, 5.41) is 7.74. The molecule has 7 heteroatoms. The van der Waals surface area contributed by atoms with Crippen molar-refractivity contribution >= 4 is 28.7 Å². The van der Waals surface area contributed by atoms with E-state index in [2.05, 4.69) is 19.8 Å². The largest absolute Gasteiger partial charge is 0.466 e. The van der Waals surface area contributed by atoms with E-state index in [0.29, 0.717) is 11.0 Å². The Morgan fingerprint density at radius 2 is 1.95 bits per heavy atom. The maximum absolute atomic E-state index is 11.7. The number of rotatable bonds is 3. The molecule has 2 aromatic rings. The van der Waals surface area contributed by atoms with Gasteiger partial charge < -0.3 is 9.47 Å². The Bertz CT molecular complexity index is 660. The number of para-hydroxylation sites is 1. The first-order chi connectivity index (χ1) is 9.17. The Kier molecular flexibility index (Phi) is 3.56. The Morgan fingerprint density at radius 1 is 1.21 bits per heavy atom. The number of benzene rings is 1. The summed E-state index contributed by atoms with van der Waals surface area (Å²) in [5.74, 6) is -1.39. The third kappa shape index (κ3) is 2.44. The summed E-state index contributed by atoms with van der Waals surface area (Å²) < 4.78 is 10.4. The van der Waals surface area contributed by atoms with Crippen LogP contribution >= 0.6 is 0 Å². The first kappa shape index (κ1) is 12.7. The quantitative estimate of drug-likeness (QED) is 0.595. The zero-order chi connectivity index (χ0) is 13.8. The molecule has 0 N–H and O–H groups in total. The minimum atomic E-state index is -0.707. The van der Waals surface area contributed by atoms with E-state index in [1.807, 2.05) is 0 Å². The average molecular weight is 261 g/mol. The molecule has 0 spiro atoms. The third-order valence-corrected chi connectivity index (χ3v) is 2.43. The summed E-state index contributed by atoms with van der Waals surface area (Å²) in [5.41, 5.74) is 1.12. The van der Waals surface area contributed by atoms with Gasteiger partial charge in [-0.25, -0.2) is 14.3 Å². The van der Waals surface area contributed by atoms with Crippen LogP contribution in [0.15, 0.2) is 30.3 Å². The molecular formula is C12H11N3O4. The molecule has 0 unspecified atom stereocenters. The normalized spacial score (nSPS) is 11.4. The lowest BCUT2D eigenvalue weighted by atomic mass is 10.3. The van der Waals surface area contributed by atoms with Crippen LogP contribution in [-0.2, 0) is 19.1 Å². The van der Waals surface area contributed by atoms with E-state index in [9.17, 15) is 9.59 Å². The Morgan fingerprint density at radius 3 is 2.63 bits per heavy atom. The van der Waals surface area contributed by atoms with Gasteiger partial charge in [0.05, 0.1) is 25.8 Å². The van der Waals surface area contributed by atoms with Crippen LogP contribution in [0.25, 0.3) is 16.7 Å². The second-order valence-corrected chi connectivity index (χ2v) is 3.53. The van der Waals surface area contributed by atoms with Crippen LogP contribution in [0.1, 0.15) is 0 Å². The first-order valence-electron chi connectivity index (χ1n) is 5.36. The van der Waals surface area contributed by atoms with Gasteiger partial charge in [0, 0.05) is 0 Å². The lowest BCUT2D eigenvalue weighted by molar-refractivity contribution is -0.137. The van der Waals surface area contributed by atoms with Crippen molar-refractivity contribution < 1.29 is 19.1 Å². The van der Waals surface area contributed by atoms with Gasteiger partial charge in [-0.2, -0.15) is 0 Å². The molecule has 0 saturated carbocycles. The fraction of sp³-hybridized carbons (Fsp3) is 0.167. The van der Waals surface area contributed by atoms with Gasteiger partial charge in [0.25, 0.3) is 0 Å². The zero-order valence-electron chi connectivity index (χ0n) is 10.4. The highest BCUT2D eigenvalue weighted by molar-refractivity contribution is 6.15. The topological polar surface area (TPSA) is 83.3 Å². The predicted octanol–water partition coefficient (Wildman–Crippen LogP) is 0.618. The number of hydrogen-bond acceptors (Lipinski definition) is 6. The van der Waals surface area contributed by atoms with Crippen LogP contribution in [-0.4, -0.2) is 41.2 Å². The highest BCUT2D eigenvalue weighted by Crippen LogP contribution is 2.15. The van der Waals surface area contributed by atoms with Gasteiger partial charge in [0.2, 0.25) is 0 Å². The van der Waals surface area contributed by atoms with Gasteiger partial charge in [-0.05, 0) is 12.1 Å². The van der Waals surface area contributed by atoms with Crippen molar-refractivity contribution in [3.05, 3.63) is 30.3 Å². The van der Waals surface area contributed by atoms with Crippen molar-refractivity contribution in [1.82, 2.24) is 15.0 Å². The molecule has 0 aliphatic carbocycles. The average Bonchev–Trinajstić information content (AvgIpc) is 2.87. The van der Waals surface area contributed by atoms with E-state index in [-0.39, 0.29) is 5.70 Å². The minimum Gasteiger partial charge on any atom is -0.466 e. The summed E-state index contributed by atoms with van der Waals surface area (Å²) in [6, 6.07) is 7.04. The van der Waals surface area contributed by atoms with Crippen molar-refractivity contribution in [3.63, 3.8) is 0 Å². The van der Waals surface area contributed by atoms with E-state index in [1.165, 1.54) is 18.9 Å². The Labute approximate surface area is 108 Å². The number of hydrogen-bond donors (Lipinski definition) is 0. The summed E-state index contributed by atoms with van der Waals surface area (Å²) in [6.07, 6.45) is 1.01. The summed E-state index contributed by atoms with van der Waals surface area (Å²) in [4.78, 5) is 23.0. The maximum Gasteiger partial charge on any atom is 0.357 e. The maximum atomic E-state index is 11.7. The molecule has 0 atom stereocenters. The van der Waals surface area contributed by atoms with Crippen LogP contribution in [0.3, 0.4) is 0 Å². The molecule has 0 amide bonds. The predicted molar refractivity (Wildman–Crippen MR) is 65.8 cm³/mol. The molecule has 1 aromatic heterocycles. The fourth-order valence-electron chi connectivity index (χ4n) is 1.53. The van der Waals surface area contributed by atoms with Crippen LogP contribution in [0.4, 0.5) is 0 Å². The van der Waals surface area contributed by atoms with Crippen LogP contribution in [0.2, 0.25) is 0 Å². The molecule has 7 nitrogen and oxygen atoms in total. The van der Waals surface area contributed by atoms with Crippen molar-refractivity contribution in [2.45, 2.75) is 0 Å². The molecular weight excluding hydrogens is 250 g/mol. The van der Waals surface area contributed by atoms with E-state index in [0.717, 1.165) is 6.08 Å². The summed E-state index contributed by atoms with van der Waals surface area (Å²) in [6.45, 7) is 0. The van der Waals surface area contributed by atoms with E-state index in [4.69, 9.17) is 0 Å². The molecule has 0 radical (unpaired) electrons. The van der Waals surface area contributed by atoms with Gasteiger partial charge >= 0.3 is 11.9 Å². The smallest absolute Gasteiger partial charge is 0.357 e.